The number of anilines is 1. The molecule has 21 heavy (non-hydrogen) atoms. The molecule has 1 N–H and O–H groups in total. The summed E-state index contributed by atoms with van der Waals surface area (Å²) >= 11 is 12.2. The van der Waals surface area contributed by atoms with Gasteiger partial charge in [-0.1, -0.05) is 35.3 Å². The van der Waals surface area contributed by atoms with Gasteiger partial charge < -0.3 is 15.0 Å². The fraction of sp³-hybridized carbons (Fsp3) is 0.133. The highest BCUT2D eigenvalue weighted by Gasteiger charge is 2.09. The summed E-state index contributed by atoms with van der Waals surface area (Å²) in [6.45, 7) is 0. The molecule has 0 aliphatic carbocycles. The number of halogens is 2. The van der Waals surface area contributed by atoms with E-state index in [0.29, 0.717) is 27.2 Å². The topological polar surface area (TPSA) is 41.6 Å². The third-order valence-corrected chi connectivity index (χ3v) is 3.25. The Morgan fingerprint density at radius 3 is 2.33 bits per heavy atom. The summed E-state index contributed by atoms with van der Waals surface area (Å²) in [5.41, 5.74) is 0.588. The summed E-state index contributed by atoms with van der Waals surface area (Å²) in [6, 6.07) is 11.9. The Bertz CT molecular complexity index is 660. The van der Waals surface area contributed by atoms with Crippen LogP contribution in [0.25, 0.3) is 0 Å². The summed E-state index contributed by atoms with van der Waals surface area (Å²) in [5, 5.41) is 3.59. The van der Waals surface area contributed by atoms with Crippen LogP contribution in [0.2, 0.25) is 10.0 Å². The van der Waals surface area contributed by atoms with Crippen molar-refractivity contribution in [3.05, 3.63) is 52.5 Å². The molecule has 0 aliphatic rings. The molecule has 2 aromatic carbocycles. The van der Waals surface area contributed by atoms with E-state index in [-0.39, 0.29) is 6.03 Å². The van der Waals surface area contributed by atoms with Gasteiger partial charge in [-0.05, 0) is 30.3 Å². The average molecular weight is 325 g/mol. The molecule has 0 aromatic heterocycles. The molecule has 0 bridgehead atoms. The van der Waals surface area contributed by atoms with Crippen molar-refractivity contribution < 1.29 is 9.53 Å². The summed E-state index contributed by atoms with van der Waals surface area (Å²) < 4.78 is 5.66. The molecule has 0 heterocycles. The van der Waals surface area contributed by atoms with Crippen molar-refractivity contribution in [3.8, 4) is 11.5 Å². The average Bonchev–Trinajstić information content (AvgIpc) is 2.44. The molecule has 110 valence electrons. The number of carbonyl (C=O) groups excluding carboxylic acids is 1. The highest BCUT2D eigenvalue weighted by atomic mass is 35.5. The molecule has 0 unspecified atom stereocenters. The predicted octanol–water partition coefficient (Wildman–Crippen LogP) is 4.88. The second-order valence-corrected chi connectivity index (χ2v) is 5.32. The van der Waals surface area contributed by atoms with Gasteiger partial charge >= 0.3 is 6.03 Å². The number of hydrogen-bond acceptors (Lipinski definition) is 2. The molecule has 6 heteroatoms. The third-order valence-electron chi connectivity index (χ3n) is 2.65. The molecule has 4 nitrogen and oxygen atoms in total. The number of carbonyl (C=O) groups is 1. The van der Waals surface area contributed by atoms with Gasteiger partial charge in [-0.2, -0.15) is 0 Å². The molecule has 2 amide bonds. The monoisotopic (exact) mass is 324 g/mol. The van der Waals surface area contributed by atoms with Crippen LogP contribution < -0.4 is 10.1 Å². The molecule has 0 fully saturated rings. The molecule has 0 saturated heterocycles. The Kier molecular flexibility index (Phi) is 4.94. The van der Waals surface area contributed by atoms with Gasteiger partial charge in [0.2, 0.25) is 0 Å². The van der Waals surface area contributed by atoms with Crippen LogP contribution in [0.1, 0.15) is 0 Å². The molecular formula is C15H14Cl2N2O2. The van der Waals surface area contributed by atoms with Crippen molar-refractivity contribution in [1.29, 1.82) is 0 Å². The number of hydrogen-bond donors (Lipinski definition) is 1. The van der Waals surface area contributed by atoms with E-state index in [1.54, 1.807) is 44.4 Å². The van der Waals surface area contributed by atoms with E-state index in [1.165, 1.54) is 4.90 Å². The zero-order valence-corrected chi connectivity index (χ0v) is 13.1. The maximum absolute atomic E-state index is 11.6. The minimum Gasteiger partial charge on any atom is -0.454 e. The molecule has 0 atom stereocenters. The van der Waals surface area contributed by atoms with Gasteiger partial charge in [0.15, 0.2) is 0 Å². The van der Waals surface area contributed by atoms with Crippen LogP contribution in [0.3, 0.4) is 0 Å². The van der Waals surface area contributed by atoms with Crippen molar-refractivity contribution in [2.45, 2.75) is 0 Å². The normalized spacial score (nSPS) is 10.1. The van der Waals surface area contributed by atoms with Crippen molar-refractivity contribution in [3.63, 3.8) is 0 Å². The summed E-state index contributed by atoms with van der Waals surface area (Å²) in [6.07, 6.45) is 0. The second-order valence-electron chi connectivity index (χ2n) is 4.50. The first kappa shape index (κ1) is 15.5. The lowest BCUT2D eigenvalue weighted by molar-refractivity contribution is 0.230. The fourth-order valence-corrected chi connectivity index (χ4v) is 1.94. The van der Waals surface area contributed by atoms with Crippen LogP contribution in [-0.4, -0.2) is 25.0 Å². The number of nitrogens with zero attached hydrogens (tertiary/aromatic N) is 1. The standard InChI is InChI=1S/C15H14Cl2N2O2/c1-19(2)15(20)18-10-7-8-14(12(17)9-10)21-13-6-4-3-5-11(13)16/h3-9H,1-2H3,(H,18,20). The van der Waals surface area contributed by atoms with Gasteiger partial charge in [0.25, 0.3) is 0 Å². The van der Waals surface area contributed by atoms with Crippen molar-refractivity contribution >= 4 is 34.9 Å². The highest BCUT2D eigenvalue weighted by molar-refractivity contribution is 6.33. The van der Waals surface area contributed by atoms with Crippen LogP contribution in [0.15, 0.2) is 42.5 Å². The number of urea groups is 1. The third kappa shape index (κ3) is 4.03. The zero-order chi connectivity index (χ0) is 15.4. The summed E-state index contributed by atoms with van der Waals surface area (Å²) in [7, 11) is 3.32. The zero-order valence-electron chi connectivity index (χ0n) is 11.6. The Hall–Kier alpha value is -1.91. The molecule has 2 aromatic rings. The number of ether oxygens (including phenoxy) is 1. The number of nitrogens with one attached hydrogen (secondary N) is 1. The van der Waals surface area contributed by atoms with Gasteiger partial charge in [-0.25, -0.2) is 4.79 Å². The largest absolute Gasteiger partial charge is 0.454 e. The van der Waals surface area contributed by atoms with Crippen molar-refractivity contribution in [2.24, 2.45) is 0 Å². The Balaban J connectivity index is 2.16. The molecule has 0 radical (unpaired) electrons. The van der Waals surface area contributed by atoms with Crippen LogP contribution in [0.5, 0.6) is 11.5 Å². The van der Waals surface area contributed by atoms with E-state index in [0.717, 1.165) is 0 Å². The van der Waals surface area contributed by atoms with E-state index < -0.39 is 0 Å². The van der Waals surface area contributed by atoms with E-state index in [1.807, 2.05) is 12.1 Å². The lowest BCUT2D eigenvalue weighted by Crippen LogP contribution is -2.27. The number of rotatable bonds is 3. The summed E-state index contributed by atoms with van der Waals surface area (Å²) in [5.74, 6) is 0.985. The fourth-order valence-electron chi connectivity index (χ4n) is 1.54. The number of benzene rings is 2. The van der Waals surface area contributed by atoms with Crippen LogP contribution in [-0.2, 0) is 0 Å². The van der Waals surface area contributed by atoms with Crippen LogP contribution in [0, 0.1) is 0 Å². The maximum atomic E-state index is 11.6. The number of para-hydroxylation sites is 1. The van der Waals surface area contributed by atoms with E-state index in [2.05, 4.69) is 5.32 Å². The first-order chi connectivity index (χ1) is 9.97. The number of amides is 2. The van der Waals surface area contributed by atoms with Gasteiger partial charge in [0.1, 0.15) is 11.5 Å². The summed E-state index contributed by atoms with van der Waals surface area (Å²) in [4.78, 5) is 13.0. The minimum absolute atomic E-state index is 0.231. The highest BCUT2D eigenvalue weighted by Crippen LogP contribution is 2.34. The maximum Gasteiger partial charge on any atom is 0.321 e. The first-order valence-electron chi connectivity index (χ1n) is 6.17. The van der Waals surface area contributed by atoms with Crippen molar-refractivity contribution in [2.75, 3.05) is 19.4 Å². The first-order valence-corrected chi connectivity index (χ1v) is 6.93. The molecule has 0 saturated carbocycles. The van der Waals surface area contributed by atoms with E-state index in [4.69, 9.17) is 27.9 Å². The second kappa shape index (κ2) is 6.70. The minimum atomic E-state index is -0.231. The van der Waals surface area contributed by atoms with Gasteiger partial charge in [0, 0.05) is 19.8 Å². The van der Waals surface area contributed by atoms with E-state index in [9.17, 15) is 4.79 Å². The van der Waals surface area contributed by atoms with Gasteiger partial charge in [-0.3, -0.25) is 0 Å². The molecule has 2 rings (SSSR count). The van der Waals surface area contributed by atoms with Gasteiger partial charge in [-0.15, -0.1) is 0 Å². The molecule has 0 spiro atoms. The predicted molar refractivity (Wildman–Crippen MR) is 85.7 cm³/mol. The Labute approximate surface area is 133 Å². The Morgan fingerprint density at radius 2 is 1.71 bits per heavy atom. The van der Waals surface area contributed by atoms with Crippen LogP contribution >= 0.6 is 23.2 Å². The molecule has 0 aliphatic heterocycles. The Morgan fingerprint density at radius 1 is 1.05 bits per heavy atom. The quantitative estimate of drug-likeness (QED) is 0.874. The smallest absolute Gasteiger partial charge is 0.321 e. The lowest BCUT2D eigenvalue weighted by atomic mass is 10.3. The van der Waals surface area contributed by atoms with E-state index >= 15 is 0 Å². The lowest BCUT2D eigenvalue weighted by Gasteiger charge is -2.13. The molecular weight excluding hydrogens is 311 g/mol. The van der Waals surface area contributed by atoms with Crippen molar-refractivity contribution in [1.82, 2.24) is 4.90 Å². The van der Waals surface area contributed by atoms with Crippen LogP contribution in [0.4, 0.5) is 10.5 Å². The SMILES string of the molecule is CN(C)C(=O)Nc1ccc(Oc2ccccc2Cl)c(Cl)c1. The van der Waals surface area contributed by atoms with Gasteiger partial charge in [0.05, 0.1) is 10.0 Å².